The van der Waals surface area contributed by atoms with Gasteiger partial charge in [-0.2, -0.15) is 0 Å². The number of para-hydroxylation sites is 2. The zero-order valence-corrected chi connectivity index (χ0v) is 48.6. The molecule has 6 N–H and O–H groups in total. The predicted octanol–water partition coefficient (Wildman–Crippen LogP) is 14.8. The highest BCUT2D eigenvalue weighted by Gasteiger charge is 2.27. The molecule has 0 saturated heterocycles. The summed E-state index contributed by atoms with van der Waals surface area (Å²) in [6.07, 6.45) is 11.8. The molecule has 11 heteroatoms. The number of hydrogen-bond acceptors (Lipinski definition) is 8. The third kappa shape index (κ3) is 15.1. The Morgan fingerprint density at radius 1 is 0.365 bits per heavy atom. The zero-order chi connectivity index (χ0) is 58.9. The molecule has 7 aromatic carbocycles. The first-order chi connectivity index (χ1) is 41.6. The van der Waals surface area contributed by atoms with Crippen LogP contribution in [0.4, 0.5) is 0 Å². The summed E-state index contributed by atoms with van der Waals surface area (Å²) in [5, 5.41) is 13.3. The standard InChI is InChI=1S/C26H26N2O.2C24H23N3O/c1-18-8-11-20(12-9-18)14-15-27-25(21-6-4-3-5-7-21)26(29)23-17-28-24-16-19(2)10-13-22(23)24;2*1-17-11-12-18(15-26-17)13-14-25-23(19-7-3-2-4-8-19)24(28)21-16-27-22-10-6-5-9-20(21)22/h3-13,16-17,25,27-28H,14-15H2,1-2H3;2*2-12,15-16,23,25,27H,13-14H2,1H3/t25-;2*23-/m110/s1. The lowest BCUT2D eigenvalue weighted by Crippen LogP contribution is -2.30. The van der Waals surface area contributed by atoms with Gasteiger partial charge in [0.25, 0.3) is 0 Å². The average molecular weight is 1120 g/mol. The highest BCUT2D eigenvalue weighted by Crippen LogP contribution is 2.29. The molecule has 0 bridgehead atoms. The number of H-pyrrole nitrogens is 3. The summed E-state index contributed by atoms with van der Waals surface area (Å²) in [6.45, 7) is 10.2. The molecule has 0 aliphatic rings. The van der Waals surface area contributed by atoms with Crippen LogP contribution in [-0.2, 0) is 19.3 Å². The molecule has 426 valence electrons. The van der Waals surface area contributed by atoms with Crippen LogP contribution in [0.5, 0.6) is 0 Å². The molecule has 0 amide bonds. The number of carbonyl (C=O) groups is 3. The molecule has 5 heterocycles. The van der Waals surface area contributed by atoms with E-state index in [1.54, 1.807) is 0 Å². The molecule has 0 spiro atoms. The molecular weight excluding hydrogens is 1050 g/mol. The van der Waals surface area contributed by atoms with E-state index in [4.69, 9.17) is 0 Å². The fraction of sp³-hybridized carbons (Fsp3) is 0.176. The lowest BCUT2D eigenvalue weighted by molar-refractivity contribution is 0.0937. The quantitative estimate of drug-likeness (QED) is 0.0388. The summed E-state index contributed by atoms with van der Waals surface area (Å²) in [5.74, 6) is 0.242. The molecule has 0 aliphatic carbocycles. The predicted molar refractivity (Wildman–Crippen MR) is 344 cm³/mol. The van der Waals surface area contributed by atoms with Gasteiger partial charge in [-0.3, -0.25) is 24.4 Å². The molecule has 3 atom stereocenters. The van der Waals surface area contributed by atoms with Gasteiger partial charge in [0.05, 0.1) is 18.1 Å². The maximum Gasteiger partial charge on any atom is 0.186 e. The van der Waals surface area contributed by atoms with Gasteiger partial charge in [-0.25, -0.2) is 0 Å². The largest absolute Gasteiger partial charge is 0.360 e. The van der Waals surface area contributed by atoms with Crippen molar-refractivity contribution in [2.24, 2.45) is 0 Å². The number of rotatable bonds is 21. The summed E-state index contributed by atoms with van der Waals surface area (Å²) in [5.41, 5.74) is 16.1. The van der Waals surface area contributed by atoms with Crippen LogP contribution < -0.4 is 16.0 Å². The minimum absolute atomic E-state index is 0.0747. The lowest BCUT2D eigenvalue weighted by atomic mass is 9.96. The fourth-order valence-electron chi connectivity index (χ4n) is 10.6. The van der Waals surface area contributed by atoms with Crippen molar-refractivity contribution in [1.29, 1.82) is 0 Å². The second kappa shape index (κ2) is 28.6. The Morgan fingerprint density at radius 2 is 0.706 bits per heavy atom. The number of benzene rings is 7. The number of pyridine rings is 2. The smallest absolute Gasteiger partial charge is 0.186 e. The summed E-state index contributed by atoms with van der Waals surface area (Å²) < 4.78 is 0. The van der Waals surface area contributed by atoms with E-state index in [1.165, 1.54) is 16.7 Å². The van der Waals surface area contributed by atoms with E-state index in [0.29, 0.717) is 24.2 Å². The second-order valence-corrected chi connectivity index (χ2v) is 21.6. The molecule has 0 radical (unpaired) electrons. The first-order valence-electron chi connectivity index (χ1n) is 29.1. The van der Waals surface area contributed by atoms with Crippen molar-refractivity contribution in [2.45, 2.75) is 65.1 Å². The number of hydrogen-bond donors (Lipinski definition) is 6. The van der Waals surface area contributed by atoms with E-state index in [1.807, 2.05) is 203 Å². The summed E-state index contributed by atoms with van der Waals surface area (Å²) in [7, 11) is 0. The maximum absolute atomic E-state index is 13.5. The SMILES string of the molecule is Cc1ccc(CCN[C@@H](C(=O)c2c[nH]c3cc(C)ccc23)c2ccccc2)cc1.Cc1ccc(CCN[C@@H](C(=O)c2c[nH]c3ccccc23)c2ccccc2)cn1.Cc1ccc(CCN[C@H](C(=O)c2c[nH]c3ccccc23)c2ccccc2)cn1. The summed E-state index contributed by atoms with van der Waals surface area (Å²) >= 11 is 0. The van der Waals surface area contributed by atoms with Crippen molar-refractivity contribution in [3.63, 3.8) is 0 Å². The summed E-state index contributed by atoms with van der Waals surface area (Å²) in [6, 6.07) is 67.3. The van der Waals surface area contributed by atoms with Gasteiger partial charge in [0.1, 0.15) is 0 Å². The molecule has 0 aliphatic heterocycles. The Bertz CT molecular complexity index is 3920. The maximum atomic E-state index is 13.5. The lowest BCUT2D eigenvalue weighted by Gasteiger charge is -2.18. The Morgan fingerprint density at radius 3 is 1.11 bits per heavy atom. The van der Waals surface area contributed by atoms with E-state index >= 15 is 0 Å². The van der Waals surface area contributed by atoms with Gasteiger partial charge in [0, 0.05) is 111 Å². The van der Waals surface area contributed by atoms with Gasteiger partial charge in [0.15, 0.2) is 17.3 Å². The third-order valence-electron chi connectivity index (χ3n) is 15.3. The molecule has 0 fully saturated rings. The molecule has 12 rings (SSSR count). The average Bonchev–Trinajstić information content (AvgIpc) is 3.90. The van der Waals surface area contributed by atoms with Crippen LogP contribution in [0.25, 0.3) is 32.7 Å². The normalized spacial score (nSPS) is 12.2. The van der Waals surface area contributed by atoms with Gasteiger partial charge >= 0.3 is 0 Å². The van der Waals surface area contributed by atoms with Crippen molar-refractivity contribution in [2.75, 3.05) is 19.6 Å². The minimum Gasteiger partial charge on any atom is -0.360 e. The summed E-state index contributed by atoms with van der Waals surface area (Å²) in [4.78, 5) is 58.7. The van der Waals surface area contributed by atoms with Gasteiger partial charge in [-0.05, 0) is 116 Å². The van der Waals surface area contributed by atoms with Crippen LogP contribution in [-0.4, -0.2) is 61.9 Å². The number of carbonyl (C=O) groups excluding carboxylic acids is 3. The van der Waals surface area contributed by atoms with Crippen LogP contribution in [0.2, 0.25) is 0 Å². The van der Waals surface area contributed by atoms with Crippen LogP contribution >= 0.6 is 0 Å². The number of aromatic nitrogens is 5. The first-order valence-corrected chi connectivity index (χ1v) is 29.1. The number of aromatic amines is 3. The molecule has 0 saturated carbocycles. The highest BCUT2D eigenvalue weighted by molar-refractivity contribution is 6.12. The van der Waals surface area contributed by atoms with E-state index in [9.17, 15) is 14.4 Å². The Labute approximate surface area is 497 Å². The first kappa shape index (κ1) is 58.5. The van der Waals surface area contributed by atoms with Gasteiger partial charge in [-0.15, -0.1) is 0 Å². The number of Topliss-reactive ketones (excluding diaryl/α,β-unsaturated/α-hetero) is 3. The molecule has 85 heavy (non-hydrogen) atoms. The zero-order valence-electron chi connectivity index (χ0n) is 48.6. The van der Waals surface area contributed by atoms with E-state index in [0.717, 1.165) is 103 Å². The van der Waals surface area contributed by atoms with Crippen molar-refractivity contribution >= 4 is 50.1 Å². The molecule has 5 aromatic heterocycles. The Kier molecular flexibility index (Phi) is 19.7. The van der Waals surface area contributed by atoms with Crippen LogP contribution in [0.15, 0.2) is 237 Å². The van der Waals surface area contributed by atoms with Crippen LogP contribution in [0.1, 0.15) is 105 Å². The number of nitrogens with one attached hydrogen (secondary N) is 6. The van der Waals surface area contributed by atoms with E-state index < -0.39 is 0 Å². The van der Waals surface area contributed by atoms with Gasteiger partial charge in [-0.1, -0.05) is 181 Å². The topological polar surface area (TPSA) is 160 Å². The number of ketones is 3. The number of aryl methyl sites for hydroxylation is 4. The minimum atomic E-state index is -0.390. The monoisotopic (exact) mass is 1120 g/mol. The van der Waals surface area contributed by atoms with Crippen molar-refractivity contribution in [3.8, 4) is 0 Å². The van der Waals surface area contributed by atoms with Crippen LogP contribution in [0.3, 0.4) is 0 Å². The van der Waals surface area contributed by atoms with Gasteiger partial charge in [0.2, 0.25) is 0 Å². The Balaban J connectivity index is 0.000000142. The van der Waals surface area contributed by atoms with Crippen molar-refractivity contribution in [1.82, 2.24) is 40.9 Å². The highest BCUT2D eigenvalue weighted by atomic mass is 16.1. The molecule has 11 nitrogen and oxygen atoms in total. The third-order valence-corrected chi connectivity index (χ3v) is 15.3. The molecular formula is C74H72N8O3. The fourth-order valence-corrected chi connectivity index (χ4v) is 10.6. The second-order valence-electron chi connectivity index (χ2n) is 21.6. The molecule has 0 unspecified atom stereocenters. The van der Waals surface area contributed by atoms with Crippen LogP contribution in [0, 0.1) is 27.7 Å². The number of fused-ring (bicyclic) bond motifs is 3. The number of nitrogens with zero attached hydrogens (tertiary/aromatic N) is 2. The van der Waals surface area contributed by atoms with E-state index in [-0.39, 0.29) is 35.5 Å². The molecule has 12 aromatic rings. The Hall–Kier alpha value is -9.65. The van der Waals surface area contributed by atoms with E-state index in [2.05, 4.69) is 103 Å². The van der Waals surface area contributed by atoms with Crippen molar-refractivity contribution in [3.05, 3.63) is 310 Å². The van der Waals surface area contributed by atoms with Crippen molar-refractivity contribution < 1.29 is 14.4 Å². The van der Waals surface area contributed by atoms with Gasteiger partial charge < -0.3 is 30.9 Å².